The van der Waals surface area contributed by atoms with E-state index in [-0.39, 0.29) is 35.1 Å². The number of carboxylic acids is 1. The molecule has 0 spiro atoms. The molecule has 0 aliphatic carbocycles. The molecule has 1 heterocycles. The minimum Gasteiger partial charge on any atom is -0.477 e. The number of nitrogens with one attached hydrogen (secondary N) is 1. The van der Waals surface area contributed by atoms with Crippen LogP contribution in [0.15, 0.2) is 30.5 Å². The van der Waals surface area contributed by atoms with Crippen molar-refractivity contribution in [2.24, 2.45) is 0 Å². The first kappa shape index (κ1) is 16.4. The number of rotatable bonds is 6. The lowest BCUT2D eigenvalue weighted by Gasteiger charge is -2.08. The number of hydrogen-bond acceptors (Lipinski definition) is 5. The van der Waals surface area contributed by atoms with Crippen molar-refractivity contribution in [2.45, 2.75) is 13.0 Å². The van der Waals surface area contributed by atoms with Crippen molar-refractivity contribution in [1.29, 1.82) is 0 Å². The van der Waals surface area contributed by atoms with Gasteiger partial charge >= 0.3 is 5.97 Å². The number of aromatic nitrogens is 2. The van der Waals surface area contributed by atoms with Gasteiger partial charge in [0, 0.05) is 24.8 Å². The van der Waals surface area contributed by atoms with Crippen molar-refractivity contribution in [1.82, 2.24) is 9.78 Å². The lowest BCUT2D eigenvalue weighted by Crippen LogP contribution is -2.17. The van der Waals surface area contributed by atoms with E-state index in [9.17, 15) is 19.7 Å². The van der Waals surface area contributed by atoms with Crippen molar-refractivity contribution in [3.63, 3.8) is 0 Å². The van der Waals surface area contributed by atoms with Gasteiger partial charge in [0.05, 0.1) is 22.2 Å². The Morgan fingerprint density at radius 2 is 2.13 bits per heavy atom. The van der Waals surface area contributed by atoms with Gasteiger partial charge in [0.25, 0.3) is 5.69 Å². The predicted molar refractivity (Wildman–Crippen MR) is 80.5 cm³/mol. The number of carbonyl (C=O) groups is 2. The van der Waals surface area contributed by atoms with Crippen LogP contribution in [0.5, 0.6) is 0 Å². The number of aryl methyl sites for hydroxylation is 1. The monoisotopic (exact) mass is 338 g/mol. The highest BCUT2D eigenvalue weighted by Gasteiger charge is 2.14. The van der Waals surface area contributed by atoms with Crippen molar-refractivity contribution in [3.8, 4) is 0 Å². The molecule has 1 aromatic carbocycles. The average Bonchev–Trinajstić information content (AvgIpc) is 2.96. The maximum Gasteiger partial charge on any atom is 0.354 e. The van der Waals surface area contributed by atoms with Gasteiger partial charge in [0.1, 0.15) is 5.69 Å². The summed E-state index contributed by atoms with van der Waals surface area (Å²) in [5.74, 6) is -1.62. The van der Waals surface area contributed by atoms with Crippen molar-refractivity contribution < 1.29 is 19.6 Å². The van der Waals surface area contributed by atoms with Gasteiger partial charge < -0.3 is 10.4 Å². The van der Waals surface area contributed by atoms with Crippen LogP contribution >= 0.6 is 11.6 Å². The zero-order valence-electron chi connectivity index (χ0n) is 11.6. The standard InChI is InChI=1S/C13H11ClN4O5/c14-9-2-1-8(18(22)23)7-10(9)16-12(19)4-6-17-11(13(20)21)3-5-15-17/h1-3,5,7H,4,6H2,(H,16,19)(H,20,21). The Labute approximate surface area is 134 Å². The van der Waals surface area contributed by atoms with Crippen LogP contribution in [0.25, 0.3) is 0 Å². The second-order valence-corrected chi connectivity index (χ2v) is 4.87. The van der Waals surface area contributed by atoms with E-state index >= 15 is 0 Å². The summed E-state index contributed by atoms with van der Waals surface area (Å²) in [6, 6.07) is 5.00. The number of anilines is 1. The third-order valence-electron chi connectivity index (χ3n) is 2.92. The molecule has 10 heteroatoms. The van der Waals surface area contributed by atoms with E-state index in [0.29, 0.717) is 0 Å². The number of carbonyl (C=O) groups excluding carboxylic acids is 1. The molecule has 2 N–H and O–H groups in total. The summed E-state index contributed by atoms with van der Waals surface area (Å²) < 4.78 is 1.18. The summed E-state index contributed by atoms with van der Waals surface area (Å²) in [5.41, 5.74) is -0.124. The van der Waals surface area contributed by atoms with Crippen LogP contribution in [0.4, 0.5) is 11.4 Å². The zero-order valence-corrected chi connectivity index (χ0v) is 12.4. The van der Waals surface area contributed by atoms with Gasteiger partial charge in [-0.25, -0.2) is 4.79 Å². The summed E-state index contributed by atoms with van der Waals surface area (Å²) in [4.78, 5) is 32.9. The molecule has 0 fully saturated rings. The van der Waals surface area contributed by atoms with Gasteiger partial charge in [-0.2, -0.15) is 5.10 Å². The van der Waals surface area contributed by atoms with E-state index in [1.807, 2.05) is 0 Å². The normalized spacial score (nSPS) is 10.3. The molecule has 0 saturated heterocycles. The predicted octanol–water partition coefficient (Wildman–Crippen LogP) is 2.17. The minimum atomic E-state index is -1.15. The Balaban J connectivity index is 2.02. The maximum atomic E-state index is 11.9. The Bertz CT molecular complexity index is 773. The third-order valence-corrected chi connectivity index (χ3v) is 3.25. The minimum absolute atomic E-state index is 0.0359. The Hall–Kier alpha value is -2.94. The SMILES string of the molecule is O=C(CCn1nccc1C(=O)O)Nc1cc([N+](=O)[O-])ccc1Cl. The molecule has 1 amide bonds. The molecule has 9 nitrogen and oxygen atoms in total. The van der Waals surface area contributed by atoms with Gasteiger partial charge in [-0.15, -0.1) is 0 Å². The highest BCUT2D eigenvalue weighted by atomic mass is 35.5. The largest absolute Gasteiger partial charge is 0.477 e. The van der Waals surface area contributed by atoms with E-state index in [1.165, 1.54) is 29.1 Å². The fraction of sp³-hybridized carbons (Fsp3) is 0.154. The topological polar surface area (TPSA) is 127 Å². The molecule has 0 aliphatic rings. The van der Waals surface area contributed by atoms with E-state index < -0.39 is 16.8 Å². The Kier molecular flexibility index (Phi) is 4.91. The first-order valence-electron chi connectivity index (χ1n) is 6.37. The van der Waals surface area contributed by atoms with Crippen molar-refractivity contribution in [2.75, 3.05) is 5.32 Å². The molecule has 0 saturated carbocycles. The second kappa shape index (κ2) is 6.88. The number of carboxylic acid groups (broad SMARTS) is 1. The average molecular weight is 339 g/mol. The van der Waals surface area contributed by atoms with Crippen LogP contribution in [0.1, 0.15) is 16.9 Å². The molecule has 120 valence electrons. The van der Waals surface area contributed by atoms with Crippen LogP contribution in [-0.2, 0) is 11.3 Å². The molecule has 0 bridgehead atoms. The number of nitro benzene ring substituents is 1. The second-order valence-electron chi connectivity index (χ2n) is 4.46. The van der Waals surface area contributed by atoms with Crippen molar-refractivity contribution in [3.05, 3.63) is 51.3 Å². The molecule has 0 radical (unpaired) electrons. The van der Waals surface area contributed by atoms with Crippen molar-refractivity contribution >= 4 is 34.9 Å². The highest BCUT2D eigenvalue weighted by Crippen LogP contribution is 2.26. The fourth-order valence-electron chi connectivity index (χ4n) is 1.84. The third kappa shape index (κ3) is 4.04. The van der Waals surface area contributed by atoms with Crippen LogP contribution in [0.2, 0.25) is 5.02 Å². The summed E-state index contributed by atoms with van der Waals surface area (Å²) in [6.07, 6.45) is 1.25. The number of non-ortho nitro benzene ring substituents is 1. The zero-order chi connectivity index (χ0) is 17.0. The summed E-state index contributed by atoms with van der Waals surface area (Å²) >= 11 is 5.88. The van der Waals surface area contributed by atoms with Crippen LogP contribution in [0.3, 0.4) is 0 Å². The molecule has 0 unspecified atom stereocenters. The van der Waals surface area contributed by atoms with Gasteiger partial charge in [0.15, 0.2) is 0 Å². The highest BCUT2D eigenvalue weighted by molar-refractivity contribution is 6.33. The lowest BCUT2D eigenvalue weighted by molar-refractivity contribution is -0.384. The van der Waals surface area contributed by atoms with Crippen LogP contribution in [0, 0.1) is 10.1 Å². The van der Waals surface area contributed by atoms with Gasteiger partial charge in [-0.05, 0) is 12.1 Å². The Morgan fingerprint density at radius 1 is 1.39 bits per heavy atom. The van der Waals surface area contributed by atoms with E-state index in [1.54, 1.807) is 0 Å². The molecule has 1 aromatic heterocycles. The maximum absolute atomic E-state index is 11.9. The smallest absolute Gasteiger partial charge is 0.354 e. The number of hydrogen-bond donors (Lipinski definition) is 2. The molecule has 0 atom stereocenters. The Morgan fingerprint density at radius 3 is 2.78 bits per heavy atom. The molecule has 2 rings (SSSR count). The number of amides is 1. The first-order valence-corrected chi connectivity index (χ1v) is 6.75. The van der Waals surface area contributed by atoms with Crippen LogP contribution < -0.4 is 5.32 Å². The number of nitrogens with zero attached hydrogens (tertiary/aromatic N) is 3. The van der Waals surface area contributed by atoms with E-state index in [4.69, 9.17) is 16.7 Å². The summed E-state index contributed by atoms with van der Waals surface area (Å²) in [7, 11) is 0. The van der Waals surface area contributed by atoms with Gasteiger partial charge in [-0.3, -0.25) is 19.6 Å². The number of halogens is 1. The number of aromatic carboxylic acids is 1. The van der Waals surface area contributed by atoms with Crippen LogP contribution in [-0.4, -0.2) is 31.7 Å². The number of nitro groups is 1. The lowest BCUT2D eigenvalue weighted by atomic mass is 10.2. The molecular weight excluding hydrogens is 328 g/mol. The molecule has 2 aromatic rings. The molecule has 23 heavy (non-hydrogen) atoms. The van der Waals surface area contributed by atoms with Gasteiger partial charge in [-0.1, -0.05) is 11.6 Å². The molecular formula is C13H11ClN4O5. The van der Waals surface area contributed by atoms with E-state index in [0.717, 1.165) is 6.07 Å². The summed E-state index contributed by atoms with van der Waals surface area (Å²) in [6.45, 7) is 0.0486. The van der Waals surface area contributed by atoms with E-state index in [2.05, 4.69) is 10.4 Å². The van der Waals surface area contributed by atoms with Gasteiger partial charge in [0.2, 0.25) is 5.91 Å². The number of benzene rings is 1. The quantitative estimate of drug-likeness (QED) is 0.613. The fourth-order valence-corrected chi connectivity index (χ4v) is 2.00. The first-order chi connectivity index (χ1) is 10.9. The molecule has 0 aliphatic heterocycles. The summed E-state index contributed by atoms with van der Waals surface area (Å²) in [5, 5.41) is 26.1.